The summed E-state index contributed by atoms with van der Waals surface area (Å²) in [7, 11) is 4.16. The molecule has 0 saturated carbocycles. The van der Waals surface area contributed by atoms with E-state index in [0.29, 0.717) is 6.54 Å². The van der Waals surface area contributed by atoms with Crippen molar-refractivity contribution < 1.29 is 4.79 Å². The topological polar surface area (TPSA) is 52.8 Å². The van der Waals surface area contributed by atoms with Crippen LogP contribution in [0.15, 0.2) is 48.5 Å². The maximum Gasteiger partial charge on any atom is 0.324 e. The molecule has 2 aromatic rings. The highest BCUT2D eigenvalue weighted by Gasteiger charge is 2.42. The zero-order valence-corrected chi connectivity index (χ0v) is 16.1. The van der Waals surface area contributed by atoms with Gasteiger partial charge in [0.1, 0.15) is 0 Å². The molecule has 2 fully saturated rings. The summed E-state index contributed by atoms with van der Waals surface area (Å²) in [6.07, 6.45) is 2.00. The molecule has 2 N–H and O–H groups in total. The van der Waals surface area contributed by atoms with Gasteiger partial charge < -0.3 is 15.5 Å². The first kappa shape index (κ1) is 18.0. The highest BCUT2D eigenvalue weighted by atomic mass is 16.2. The lowest BCUT2D eigenvalue weighted by Crippen LogP contribution is -2.50. The third kappa shape index (κ3) is 3.45. The van der Waals surface area contributed by atoms with Crippen LogP contribution in [0.3, 0.4) is 0 Å². The largest absolute Gasteiger partial charge is 0.326 e. The third-order valence-electron chi connectivity index (χ3n) is 5.67. The van der Waals surface area contributed by atoms with E-state index in [9.17, 15) is 4.79 Å². The van der Waals surface area contributed by atoms with Gasteiger partial charge in [-0.2, -0.15) is 0 Å². The maximum atomic E-state index is 12.8. The van der Waals surface area contributed by atoms with Gasteiger partial charge in [0.25, 0.3) is 0 Å². The van der Waals surface area contributed by atoms with E-state index < -0.39 is 0 Å². The average molecular weight is 364 g/mol. The molecule has 2 aliphatic rings. The quantitative estimate of drug-likeness (QED) is 0.907. The minimum atomic E-state index is 0.0879. The van der Waals surface area contributed by atoms with Crippen molar-refractivity contribution in [2.24, 2.45) is 5.73 Å². The van der Waals surface area contributed by atoms with Crippen LogP contribution in [0.1, 0.15) is 18.4 Å². The van der Waals surface area contributed by atoms with E-state index in [1.165, 1.54) is 16.7 Å². The van der Waals surface area contributed by atoms with Crippen molar-refractivity contribution in [3.8, 4) is 11.1 Å². The van der Waals surface area contributed by atoms with Crippen LogP contribution in [0, 0.1) is 0 Å². The van der Waals surface area contributed by atoms with Crippen molar-refractivity contribution in [3.63, 3.8) is 0 Å². The number of rotatable bonds is 4. The van der Waals surface area contributed by atoms with Gasteiger partial charge in [0.05, 0.1) is 6.04 Å². The fourth-order valence-electron chi connectivity index (χ4n) is 4.30. The molecule has 2 aliphatic heterocycles. The van der Waals surface area contributed by atoms with E-state index in [4.69, 9.17) is 5.73 Å². The standard InChI is InChI=1S/C22H28N4O/c1-24(2)14-17-6-3-4-7-19(17)16-9-11-18(12-10-16)26-15-21-20(23)8-5-13-25(21)22(26)27/h3-4,6-7,9-12,20-21H,5,8,13-15,23H2,1-2H3/t20-,21-/m1/s1. The number of anilines is 1. The Hall–Kier alpha value is -2.37. The number of piperidine rings is 1. The number of hydrogen-bond donors (Lipinski definition) is 1. The first-order valence-electron chi connectivity index (χ1n) is 9.71. The van der Waals surface area contributed by atoms with Crippen LogP contribution in [0.25, 0.3) is 11.1 Å². The molecule has 2 heterocycles. The van der Waals surface area contributed by atoms with E-state index in [-0.39, 0.29) is 18.1 Å². The minimum absolute atomic E-state index is 0.0879. The predicted molar refractivity (Wildman–Crippen MR) is 110 cm³/mol. The van der Waals surface area contributed by atoms with E-state index in [2.05, 4.69) is 67.5 Å². The van der Waals surface area contributed by atoms with Crippen molar-refractivity contribution in [3.05, 3.63) is 54.1 Å². The molecular formula is C22H28N4O. The van der Waals surface area contributed by atoms with Crippen LogP contribution < -0.4 is 10.6 Å². The Morgan fingerprint density at radius 2 is 1.85 bits per heavy atom. The average Bonchev–Trinajstić information content (AvgIpc) is 3.00. The van der Waals surface area contributed by atoms with Crippen molar-refractivity contribution in [2.75, 3.05) is 32.1 Å². The molecule has 0 aromatic heterocycles. The lowest BCUT2D eigenvalue weighted by Gasteiger charge is -2.32. The van der Waals surface area contributed by atoms with E-state index >= 15 is 0 Å². The summed E-state index contributed by atoms with van der Waals surface area (Å²) < 4.78 is 0. The molecule has 27 heavy (non-hydrogen) atoms. The fourth-order valence-corrected chi connectivity index (χ4v) is 4.30. The molecule has 5 nitrogen and oxygen atoms in total. The summed E-state index contributed by atoms with van der Waals surface area (Å²) in [5, 5.41) is 0. The molecule has 0 unspecified atom stereocenters. The second kappa shape index (κ2) is 7.33. The van der Waals surface area contributed by atoms with Gasteiger partial charge in [0.2, 0.25) is 0 Å². The third-order valence-corrected chi connectivity index (χ3v) is 5.67. The molecule has 4 rings (SSSR count). The molecule has 0 radical (unpaired) electrons. The number of benzene rings is 2. The van der Waals surface area contributed by atoms with Gasteiger partial charge in [-0.15, -0.1) is 0 Å². The van der Waals surface area contributed by atoms with Gasteiger partial charge in [-0.3, -0.25) is 4.90 Å². The highest BCUT2D eigenvalue weighted by molar-refractivity contribution is 5.95. The molecule has 2 amide bonds. The molecule has 2 saturated heterocycles. The predicted octanol–water partition coefficient (Wildman–Crippen LogP) is 3.15. The Morgan fingerprint density at radius 3 is 2.56 bits per heavy atom. The smallest absolute Gasteiger partial charge is 0.324 e. The molecule has 5 heteroatoms. The highest BCUT2D eigenvalue weighted by Crippen LogP contribution is 2.31. The van der Waals surface area contributed by atoms with Gasteiger partial charge in [-0.25, -0.2) is 4.79 Å². The van der Waals surface area contributed by atoms with Crippen molar-refractivity contribution in [1.29, 1.82) is 0 Å². The molecule has 0 bridgehead atoms. The van der Waals surface area contributed by atoms with Gasteiger partial charge in [0, 0.05) is 31.4 Å². The van der Waals surface area contributed by atoms with Gasteiger partial charge in [0.15, 0.2) is 0 Å². The first-order valence-corrected chi connectivity index (χ1v) is 9.71. The Morgan fingerprint density at radius 1 is 1.11 bits per heavy atom. The maximum absolute atomic E-state index is 12.8. The number of carbonyl (C=O) groups excluding carboxylic acids is 1. The van der Waals surface area contributed by atoms with Crippen LogP contribution >= 0.6 is 0 Å². The number of nitrogens with two attached hydrogens (primary N) is 1. The summed E-state index contributed by atoms with van der Waals surface area (Å²) in [5.74, 6) is 0. The van der Waals surface area contributed by atoms with E-state index in [1.807, 2.05) is 9.80 Å². The molecular weight excluding hydrogens is 336 g/mol. The van der Waals surface area contributed by atoms with Crippen molar-refractivity contribution in [1.82, 2.24) is 9.80 Å². The number of amides is 2. The normalized spacial score (nSPS) is 22.4. The Bertz CT molecular complexity index is 817. The number of urea groups is 1. The van der Waals surface area contributed by atoms with Gasteiger partial charge in [-0.05, 0) is 55.8 Å². The molecule has 142 valence electrons. The van der Waals surface area contributed by atoms with Gasteiger partial charge >= 0.3 is 6.03 Å². The summed E-state index contributed by atoms with van der Waals surface area (Å²) in [4.78, 5) is 18.8. The van der Waals surface area contributed by atoms with Crippen LogP contribution in [0.5, 0.6) is 0 Å². The Kier molecular flexibility index (Phi) is 4.89. The summed E-state index contributed by atoms with van der Waals surface area (Å²) in [5.41, 5.74) is 10.9. The zero-order chi connectivity index (χ0) is 19.0. The van der Waals surface area contributed by atoms with Gasteiger partial charge in [-0.1, -0.05) is 36.4 Å². The SMILES string of the molecule is CN(C)Cc1ccccc1-c1ccc(N2C[C@@H]3[C@H](N)CCCN3C2=O)cc1. The Balaban J connectivity index is 1.58. The van der Waals surface area contributed by atoms with E-state index in [0.717, 1.165) is 31.6 Å². The van der Waals surface area contributed by atoms with E-state index in [1.54, 1.807) is 0 Å². The summed E-state index contributed by atoms with van der Waals surface area (Å²) in [6.45, 7) is 2.41. The first-order chi connectivity index (χ1) is 13.0. The number of nitrogens with zero attached hydrogens (tertiary/aromatic N) is 3. The summed E-state index contributed by atoms with van der Waals surface area (Å²) >= 11 is 0. The number of hydrogen-bond acceptors (Lipinski definition) is 3. The second-order valence-corrected chi connectivity index (χ2v) is 7.90. The lowest BCUT2D eigenvalue weighted by molar-refractivity contribution is 0.175. The monoisotopic (exact) mass is 364 g/mol. The van der Waals surface area contributed by atoms with Crippen LogP contribution in [-0.4, -0.2) is 55.1 Å². The summed E-state index contributed by atoms with van der Waals surface area (Å²) in [6, 6.07) is 17.2. The van der Waals surface area contributed by atoms with Crippen LogP contribution in [-0.2, 0) is 6.54 Å². The van der Waals surface area contributed by atoms with Crippen molar-refractivity contribution in [2.45, 2.75) is 31.5 Å². The number of fused-ring (bicyclic) bond motifs is 1. The Labute approximate surface area is 161 Å². The molecule has 2 aromatic carbocycles. The molecule has 0 spiro atoms. The number of carbonyl (C=O) groups is 1. The van der Waals surface area contributed by atoms with Crippen LogP contribution in [0.2, 0.25) is 0 Å². The second-order valence-electron chi connectivity index (χ2n) is 7.90. The molecule has 0 aliphatic carbocycles. The zero-order valence-electron chi connectivity index (χ0n) is 16.1. The lowest BCUT2D eigenvalue weighted by atomic mass is 9.98. The van der Waals surface area contributed by atoms with Crippen molar-refractivity contribution >= 4 is 11.7 Å². The minimum Gasteiger partial charge on any atom is -0.326 e. The molecule has 2 atom stereocenters. The fraction of sp³-hybridized carbons (Fsp3) is 0.409. The van der Waals surface area contributed by atoms with Crippen LogP contribution in [0.4, 0.5) is 10.5 Å².